The highest BCUT2D eigenvalue weighted by molar-refractivity contribution is 5.85. The highest BCUT2D eigenvalue weighted by Gasteiger charge is 2.15. The average Bonchev–Trinajstić information content (AvgIpc) is 2.68. The van der Waals surface area contributed by atoms with Gasteiger partial charge in [0.2, 0.25) is 0 Å². The van der Waals surface area contributed by atoms with E-state index in [1.807, 2.05) is 42.5 Å². The highest BCUT2D eigenvalue weighted by atomic mass is 16.1. The number of para-hydroxylation sites is 2. The molecule has 26 heavy (non-hydrogen) atoms. The van der Waals surface area contributed by atoms with Crippen molar-refractivity contribution in [1.82, 2.24) is 4.57 Å². The average molecular weight is 339 g/mol. The molecule has 0 aliphatic rings. The Balaban J connectivity index is 2.17. The topological polar surface area (TPSA) is 22.0 Å². The van der Waals surface area contributed by atoms with Crippen molar-refractivity contribution in [3.8, 4) is 16.9 Å². The SMILES string of the molecule is CC(C)c1ccccc1-n1c(-c2ccccc2)cc(=O)c2ccccc21. The van der Waals surface area contributed by atoms with E-state index in [9.17, 15) is 4.79 Å². The van der Waals surface area contributed by atoms with Gasteiger partial charge in [-0.05, 0) is 35.2 Å². The highest BCUT2D eigenvalue weighted by Crippen LogP contribution is 2.31. The lowest BCUT2D eigenvalue weighted by molar-refractivity contribution is 0.851. The number of rotatable bonds is 3. The third-order valence-corrected chi connectivity index (χ3v) is 4.79. The van der Waals surface area contributed by atoms with E-state index >= 15 is 0 Å². The summed E-state index contributed by atoms with van der Waals surface area (Å²) in [6.07, 6.45) is 0. The number of fused-ring (bicyclic) bond motifs is 1. The van der Waals surface area contributed by atoms with E-state index in [4.69, 9.17) is 0 Å². The van der Waals surface area contributed by atoms with Crippen molar-refractivity contribution in [2.24, 2.45) is 0 Å². The van der Waals surface area contributed by atoms with Crippen molar-refractivity contribution in [3.05, 3.63) is 101 Å². The van der Waals surface area contributed by atoms with Gasteiger partial charge in [-0.1, -0.05) is 74.5 Å². The molecule has 2 nitrogen and oxygen atoms in total. The molecule has 1 aromatic heterocycles. The van der Waals surface area contributed by atoms with E-state index in [1.165, 1.54) is 5.56 Å². The van der Waals surface area contributed by atoms with Crippen LogP contribution < -0.4 is 5.43 Å². The van der Waals surface area contributed by atoms with Gasteiger partial charge >= 0.3 is 0 Å². The summed E-state index contributed by atoms with van der Waals surface area (Å²) in [5, 5.41) is 0.741. The normalized spacial score (nSPS) is 11.2. The fourth-order valence-electron chi connectivity index (χ4n) is 3.53. The monoisotopic (exact) mass is 339 g/mol. The molecule has 0 saturated carbocycles. The molecule has 0 bridgehead atoms. The van der Waals surface area contributed by atoms with Crippen LogP contribution in [0, 0.1) is 0 Å². The minimum atomic E-state index is 0.0535. The number of hydrogen-bond donors (Lipinski definition) is 0. The summed E-state index contributed by atoms with van der Waals surface area (Å²) in [7, 11) is 0. The third-order valence-electron chi connectivity index (χ3n) is 4.79. The number of hydrogen-bond acceptors (Lipinski definition) is 1. The molecule has 0 radical (unpaired) electrons. The standard InChI is InChI=1S/C24H21NO/c1-17(2)19-12-6-8-14-21(19)25-22-15-9-7-13-20(22)24(26)16-23(25)18-10-4-3-5-11-18/h3-17H,1-2H3. The maximum Gasteiger partial charge on any atom is 0.190 e. The Kier molecular flexibility index (Phi) is 4.18. The molecule has 0 amide bonds. The van der Waals surface area contributed by atoms with Crippen molar-refractivity contribution < 1.29 is 0 Å². The van der Waals surface area contributed by atoms with E-state index in [2.05, 4.69) is 54.8 Å². The van der Waals surface area contributed by atoms with Crippen LogP contribution in [0.3, 0.4) is 0 Å². The minimum Gasteiger partial charge on any atom is -0.309 e. The van der Waals surface area contributed by atoms with Crippen molar-refractivity contribution in [1.29, 1.82) is 0 Å². The maximum absolute atomic E-state index is 12.8. The zero-order valence-electron chi connectivity index (χ0n) is 15.0. The molecular weight excluding hydrogens is 318 g/mol. The molecule has 1 heterocycles. The van der Waals surface area contributed by atoms with Crippen LogP contribution in [0.15, 0.2) is 89.7 Å². The number of pyridine rings is 1. The first-order valence-electron chi connectivity index (χ1n) is 8.96. The summed E-state index contributed by atoms with van der Waals surface area (Å²) in [4.78, 5) is 12.8. The van der Waals surface area contributed by atoms with Crippen LogP contribution in [0.4, 0.5) is 0 Å². The van der Waals surface area contributed by atoms with Gasteiger partial charge in [-0.2, -0.15) is 0 Å². The molecule has 4 rings (SSSR count). The van der Waals surface area contributed by atoms with Gasteiger partial charge in [-0.25, -0.2) is 0 Å². The Morgan fingerprint density at radius 3 is 2.19 bits per heavy atom. The summed E-state index contributed by atoms with van der Waals surface area (Å²) in [5.41, 5.74) is 5.33. The first-order chi connectivity index (χ1) is 12.7. The van der Waals surface area contributed by atoms with E-state index < -0.39 is 0 Å². The number of benzene rings is 3. The smallest absolute Gasteiger partial charge is 0.190 e. The van der Waals surface area contributed by atoms with Gasteiger partial charge < -0.3 is 4.57 Å². The van der Waals surface area contributed by atoms with Crippen molar-refractivity contribution in [2.45, 2.75) is 19.8 Å². The van der Waals surface area contributed by atoms with Gasteiger partial charge in [0.15, 0.2) is 5.43 Å². The van der Waals surface area contributed by atoms with Gasteiger partial charge in [-0.3, -0.25) is 4.79 Å². The predicted octanol–water partition coefficient (Wildman–Crippen LogP) is 5.78. The summed E-state index contributed by atoms with van der Waals surface area (Å²) >= 11 is 0. The fourth-order valence-corrected chi connectivity index (χ4v) is 3.53. The molecule has 2 heteroatoms. The second-order valence-electron chi connectivity index (χ2n) is 6.83. The zero-order chi connectivity index (χ0) is 18.1. The minimum absolute atomic E-state index is 0.0535. The van der Waals surface area contributed by atoms with Crippen LogP contribution in [0.2, 0.25) is 0 Å². The molecule has 0 aliphatic heterocycles. The van der Waals surface area contributed by atoms with Crippen LogP contribution in [-0.2, 0) is 0 Å². The molecule has 0 spiro atoms. The van der Waals surface area contributed by atoms with E-state index in [0.717, 1.165) is 27.8 Å². The Morgan fingerprint density at radius 1 is 0.769 bits per heavy atom. The lowest BCUT2D eigenvalue weighted by atomic mass is 9.99. The summed E-state index contributed by atoms with van der Waals surface area (Å²) in [6.45, 7) is 4.40. The van der Waals surface area contributed by atoms with Crippen LogP contribution in [-0.4, -0.2) is 4.57 Å². The Bertz CT molecular complexity index is 1120. The number of nitrogens with zero attached hydrogens (tertiary/aromatic N) is 1. The first kappa shape index (κ1) is 16.3. The molecule has 0 fully saturated rings. The van der Waals surface area contributed by atoms with Gasteiger partial charge in [0.25, 0.3) is 0 Å². The lowest BCUT2D eigenvalue weighted by Gasteiger charge is -2.21. The van der Waals surface area contributed by atoms with Crippen LogP contribution in [0.5, 0.6) is 0 Å². The van der Waals surface area contributed by atoms with Crippen LogP contribution in [0.1, 0.15) is 25.3 Å². The molecular formula is C24H21NO. The Labute approximate surface area is 153 Å². The Morgan fingerprint density at radius 2 is 1.42 bits per heavy atom. The van der Waals surface area contributed by atoms with E-state index in [0.29, 0.717) is 5.92 Å². The van der Waals surface area contributed by atoms with Crippen molar-refractivity contribution >= 4 is 10.9 Å². The maximum atomic E-state index is 12.8. The second-order valence-corrected chi connectivity index (χ2v) is 6.83. The van der Waals surface area contributed by atoms with Gasteiger partial charge in [0.1, 0.15) is 0 Å². The molecule has 0 unspecified atom stereocenters. The molecule has 0 N–H and O–H groups in total. The number of aromatic nitrogens is 1. The summed E-state index contributed by atoms with van der Waals surface area (Å²) < 4.78 is 2.22. The second kappa shape index (κ2) is 6.64. The van der Waals surface area contributed by atoms with E-state index in [-0.39, 0.29) is 5.43 Å². The van der Waals surface area contributed by atoms with Crippen molar-refractivity contribution in [2.75, 3.05) is 0 Å². The van der Waals surface area contributed by atoms with Gasteiger partial charge in [0.05, 0.1) is 11.2 Å². The molecule has 0 aliphatic carbocycles. The van der Waals surface area contributed by atoms with Gasteiger partial charge in [0, 0.05) is 17.1 Å². The Hall–Kier alpha value is -3.13. The first-order valence-corrected chi connectivity index (χ1v) is 8.96. The molecule has 128 valence electrons. The quantitative estimate of drug-likeness (QED) is 0.463. The van der Waals surface area contributed by atoms with Crippen LogP contribution in [0.25, 0.3) is 27.8 Å². The molecule has 4 aromatic rings. The van der Waals surface area contributed by atoms with Gasteiger partial charge in [-0.15, -0.1) is 0 Å². The third kappa shape index (κ3) is 2.74. The van der Waals surface area contributed by atoms with Crippen LogP contribution >= 0.6 is 0 Å². The largest absolute Gasteiger partial charge is 0.309 e. The molecule has 0 atom stereocenters. The molecule has 0 saturated heterocycles. The summed E-state index contributed by atoms with van der Waals surface area (Å²) in [5.74, 6) is 0.382. The van der Waals surface area contributed by atoms with Crippen molar-refractivity contribution in [3.63, 3.8) is 0 Å². The zero-order valence-corrected chi connectivity index (χ0v) is 15.0. The van der Waals surface area contributed by atoms with E-state index in [1.54, 1.807) is 6.07 Å². The molecule has 3 aromatic carbocycles. The summed E-state index contributed by atoms with van der Waals surface area (Å²) in [6, 6.07) is 28.2. The predicted molar refractivity (Wildman–Crippen MR) is 109 cm³/mol. The fraction of sp³-hybridized carbons (Fsp3) is 0.125. The lowest BCUT2D eigenvalue weighted by Crippen LogP contribution is -2.12.